The lowest BCUT2D eigenvalue weighted by atomic mass is 9.96. The number of hydrogen-bond donors (Lipinski definition) is 0. The normalized spacial score (nSPS) is 23.6. The van der Waals surface area contributed by atoms with Gasteiger partial charge in [-0.3, -0.25) is 4.79 Å². The zero-order chi connectivity index (χ0) is 15.1. The topological polar surface area (TPSA) is 35.5 Å². The van der Waals surface area contributed by atoms with E-state index in [0.717, 1.165) is 29.6 Å². The van der Waals surface area contributed by atoms with Crippen molar-refractivity contribution in [3.63, 3.8) is 0 Å². The number of ether oxygens (including phenoxy) is 2. The molecule has 1 aromatic rings. The smallest absolute Gasteiger partial charge is 0.150 e. The van der Waals surface area contributed by atoms with E-state index in [0.29, 0.717) is 5.56 Å². The van der Waals surface area contributed by atoms with Gasteiger partial charge in [0.25, 0.3) is 0 Å². The summed E-state index contributed by atoms with van der Waals surface area (Å²) >= 11 is 0. The Hall–Kier alpha value is -1.35. The number of rotatable bonds is 3. The van der Waals surface area contributed by atoms with E-state index in [9.17, 15) is 4.79 Å². The third kappa shape index (κ3) is 2.88. The molecule has 1 aliphatic rings. The highest BCUT2D eigenvalue weighted by Gasteiger charge is 2.47. The number of aryl methyl sites for hydroxylation is 2. The third-order valence-electron chi connectivity index (χ3n) is 3.87. The summed E-state index contributed by atoms with van der Waals surface area (Å²) in [7, 11) is 0. The molecule has 0 saturated carbocycles. The van der Waals surface area contributed by atoms with Crippen LogP contribution in [0.25, 0.3) is 0 Å². The van der Waals surface area contributed by atoms with Crippen LogP contribution in [0.15, 0.2) is 12.1 Å². The summed E-state index contributed by atoms with van der Waals surface area (Å²) in [5.74, 6) is 0.870. The first kappa shape index (κ1) is 15.0. The molecule has 20 heavy (non-hydrogen) atoms. The summed E-state index contributed by atoms with van der Waals surface area (Å²) in [5, 5.41) is 0. The number of aldehydes is 1. The van der Waals surface area contributed by atoms with Crippen LogP contribution in [0.2, 0.25) is 0 Å². The molecule has 0 amide bonds. The first-order valence-corrected chi connectivity index (χ1v) is 7.08. The molecule has 110 valence electrons. The minimum absolute atomic E-state index is 0.0111. The van der Waals surface area contributed by atoms with E-state index in [2.05, 4.69) is 27.7 Å². The molecule has 1 aromatic carbocycles. The van der Waals surface area contributed by atoms with Crippen LogP contribution in [0.3, 0.4) is 0 Å². The predicted molar refractivity (Wildman–Crippen MR) is 79.6 cm³/mol. The fourth-order valence-corrected chi connectivity index (χ4v) is 3.08. The Kier molecular flexibility index (Phi) is 3.67. The second kappa shape index (κ2) is 4.88. The molecule has 1 heterocycles. The first-order chi connectivity index (χ1) is 9.14. The van der Waals surface area contributed by atoms with Gasteiger partial charge >= 0.3 is 0 Å². The Morgan fingerprint density at radius 3 is 2.15 bits per heavy atom. The van der Waals surface area contributed by atoms with Gasteiger partial charge in [-0.2, -0.15) is 0 Å². The second-order valence-electron chi connectivity index (χ2n) is 6.88. The number of carbonyl (C=O) groups excluding carboxylic acids is 1. The lowest BCUT2D eigenvalue weighted by Gasteiger charge is -2.28. The van der Waals surface area contributed by atoms with Crippen molar-refractivity contribution in [2.24, 2.45) is 0 Å². The number of benzene rings is 1. The maximum atomic E-state index is 10.9. The molecule has 1 unspecified atom stereocenters. The minimum atomic E-state index is -0.314. The summed E-state index contributed by atoms with van der Waals surface area (Å²) in [5.41, 5.74) is 2.19. The van der Waals surface area contributed by atoms with Gasteiger partial charge in [0.15, 0.2) is 0 Å². The molecule has 1 saturated heterocycles. The van der Waals surface area contributed by atoms with E-state index in [4.69, 9.17) is 9.47 Å². The Labute approximate surface area is 121 Å². The van der Waals surface area contributed by atoms with Gasteiger partial charge in [-0.05, 0) is 64.8 Å². The van der Waals surface area contributed by atoms with Crippen molar-refractivity contribution in [3.8, 4) is 5.75 Å². The molecule has 0 bridgehead atoms. The van der Waals surface area contributed by atoms with Crippen LogP contribution < -0.4 is 4.74 Å². The van der Waals surface area contributed by atoms with E-state index in [1.165, 1.54) is 0 Å². The van der Waals surface area contributed by atoms with Crippen molar-refractivity contribution in [1.29, 1.82) is 0 Å². The largest absolute Gasteiger partial charge is 0.487 e. The molecule has 3 nitrogen and oxygen atoms in total. The Morgan fingerprint density at radius 2 is 1.75 bits per heavy atom. The lowest BCUT2D eigenvalue weighted by molar-refractivity contribution is -0.0847. The lowest BCUT2D eigenvalue weighted by Crippen LogP contribution is -2.37. The van der Waals surface area contributed by atoms with Gasteiger partial charge in [-0.15, -0.1) is 0 Å². The van der Waals surface area contributed by atoms with Crippen LogP contribution in [-0.4, -0.2) is 23.6 Å². The molecule has 1 atom stereocenters. The molecule has 0 aliphatic carbocycles. The third-order valence-corrected chi connectivity index (χ3v) is 3.87. The predicted octanol–water partition coefficient (Wildman–Crippen LogP) is 3.84. The van der Waals surface area contributed by atoms with Crippen LogP contribution in [-0.2, 0) is 4.74 Å². The molecule has 3 heteroatoms. The summed E-state index contributed by atoms with van der Waals surface area (Å²) in [6.45, 7) is 12.3. The fourth-order valence-electron chi connectivity index (χ4n) is 3.08. The van der Waals surface area contributed by atoms with Gasteiger partial charge < -0.3 is 9.47 Å². The number of carbonyl (C=O) groups is 1. The number of hydrogen-bond acceptors (Lipinski definition) is 3. The van der Waals surface area contributed by atoms with Crippen molar-refractivity contribution < 1.29 is 14.3 Å². The van der Waals surface area contributed by atoms with Gasteiger partial charge in [0.05, 0.1) is 5.60 Å². The van der Waals surface area contributed by atoms with E-state index < -0.39 is 0 Å². The quantitative estimate of drug-likeness (QED) is 0.787. The average molecular weight is 276 g/mol. The summed E-state index contributed by atoms with van der Waals surface area (Å²) in [6, 6.07) is 3.73. The Morgan fingerprint density at radius 1 is 1.20 bits per heavy atom. The maximum absolute atomic E-state index is 10.9. The zero-order valence-corrected chi connectivity index (χ0v) is 13.2. The van der Waals surface area contributed by atoms with Crippen molar-refractivity contribution in [2.45, 2.75) is 65.3 Å². The Balaban J connectivity index is 2.29. The zero-order valence-electron chi connectivity index (χ0n) is 13.2. The molecule has 1 fully saturated rings. The molecular weight excluding hydrogens is 252 g/mol. The molecule has 0 N–H and O–H groups in total. The van der Waals surface area contributed by atoms with E-state index in [1.54, 1.807) is 0 Å². The molecule has 0 spiro atoms. The van der Waals surface area contributed by atoms with Crippen LogP contribution in [0, 0.1) is 13.8 Å². The van der Waals surface area contributed by atoms with E-state index in [-0.39, 0.29) is 17.3 Å². The molecular formula is C17H24O3. The summed E-state index contributed by atoms with van der Waals surface area (Å²) in [6.07, 6.45) is 1.74. The molecule has 0 radical (unpaired) electrons. The van der Waals surface area contributed by atoms with Crippen LogP contribution in [0.5, 0.6) is 5.75 Å². The average Bonchev–Trinajstić information content (AvgIpc) is 2.51. The standard InChI is InChI=1S/C17H24O3/c1-11-7-13(10-18)8-12(2)15(11)19-14-9-16(3,4)20-17(14,5)6/h7-8,10,14H,9H2,1-6H3. The highest BCUT2D eigenvalue weighted by molar-refractivity contribution is 5.76. The van der Waals surface area contributed by atoms with Crippen molar-refractivity contribution in [3.05, 3.63) is 28.8 Å². The Bertz CT molecular complexity index is 506. The van der Waals surface area contributed by atoms with Gasteiger partial charge in [-0.25, -0.2) is 0 Å². The highest BCUT2D eigenvalue weighted by atomic mass is 16.6. The fraction of sp³-hybridized carbons (Fsp3) is 0.588. The van der Waals surface area contributed by atoms with Gasteiger partial charge in [0.2, 0.25) is 0 Å². The van der Waals surface area contributed by atoms with Crippen LogP contribution in [0.4, 0.5) is 0 Å². The van der Waals surface area contributed by atoms with Crippen molar-refractivity contribution in [2.75, 3.05) is 0 Å². The molecule has 1 aliphatic heterocycles. The van der Waals surface area contributed by atoms with Crippen LogP contribution in [0.1, 0.15) is 55.6 Å². The highest BCUT2D eigenvalue weighted by Crippen LogP contribution is 2.40. The van der Waals surface area contributed by atoms with Crippen molar-refractivity contribution >= 4 is 6.29 Å². The summed E-state index contributed by atoms with van der Waals surface area (Å²) < 4.78 is 12.3. The van der Waals surface area contributed by atoms with Crippen molar-refractivity contribution in [1.82, 2.24) is 0 Å². The first-order valence-electron chi connectivity index (χ1n) is 7.08. The minimum Gasteiger partial charge on any atom is -0.487 e. The van der Waals surface area contributed by atoms with Crippen LogP contribution >= 0.6 is 0 Å². The van der Waals surface area contributed by atoms with Gasteiger partial charge in [-0.1, -0.05) is 0 Å². The van der Waals surface area contributed by atoms with E-state index >= 15 is 0 Å². The maximum Gasteiger partial charge on any atom is 0.150 e. The molecule has 2 rings (SSSR count). The van der Waals surface area contributed by atoms with Gasteiger partial charge in [0.1, 0.15) is 23.7 Å². The van der Waals surface area contributed by atoms with E-state index in [1.807, 2.05) is 26.0 Å². The summed E-state index contributed by atoms with van der Waals surface area (Å²) in [4.78, 5) is 10.9. The van der Waals surface area contributed by atoms with Gasteiger partial charge in [0, 0.05) is 12.0 Å². The SMILES string of the molecule is Cc1cc(C=O)cc(C)c1OC1CC(C)(C)OC1(C)C. The second-order valence-corrected chi connectivity index (χ2v) is 6.88. The molecule has 0 aromatic heterocycles. The monoisotopic (exact) mass is 276 g/mol.